The van der Waals surface area contributed by atoms with Crippen molar-refractivity contribution < 1.29 is 14.3 Å². The lowest BCUT2D eigenvalue weighted by molar-refractivity contribution is -0.128. The second kappa shape index (κ2) is 5.83. The molecule has 1 atom stereocenters. The van der Waals surface area contributed by atoms with E-state index in [0.29, 0.717) is 23.5 Å². The lowest BCUT2D eigenvalue weighted by Crippen LogP contribution is -2.48. The second-order valence-electron chi connectivity index (χ2n) is 5.10. The number of alkyl halides is 1. The Balaban J connectivity index is 2.46. The number of carbonyl (C=O) groups is 2. The summed E-state index contributed by atoms with van der Waals surface area (Å²) in [5, 5.41) is 0. The summed E-state index contributed by atoms with van der Waals surface area (Å²) < 4.78 is 5.77. The number of ketones is 1. The topological polar surface area (TPSA) is 46.6 Å². The van der Waals surface area contributed by atoms with Gasteiger partial charge in [-0.1, -0.05) is 13.8 Å². The first-order valence-electron chi connectivity index (χ1n) is 6.70. The molecule has 4 nitrogen and oxygen atoms in total. The third-order valence-electron chi connectivity index (χ3n) is 3.38. The number of benzene rings is 1. The smallest absolute Gasteiger partial charge is 0.268 e. The van der Waals surface area contributed by atoms with Gasteiger partial charge in [0.05, 0.1) is 11.6 Å². The van der Waals surface area contributed by atoms with Crippen LogP contribution in [0.3, 0.4) is 0 Å². The van der Waals surface area contributed by atoms with Gasteiger partial charge >= 0.3 is 0 Å². The molecule has 0 N–H and O–H groups in total. The summed E-state index contributed by atoms with van der Waals surface area (Å²) in [6.07, 6.45) is -0.475. The molecule has 0 saturated carbocycles. The Morgan fingerprint density at radius 1 is 1.45 bits per heavy atom. The number of anilines is 1. The van der Waals surface area contributed by atoms with E-state index in [4.69, 9.17) is 16.3 Å². The normalized spacial score (nSPS) is 17.9. The molecular weight excluding hydrogens is 278 g/mol. The van der Waals surface area contributed by atoms with Gasteiger partial charge in [-0.05, 0) is 31.0 Å². The van der Waals surface area contributed by atoms with Crippen LogP contribution in [0, 0.1) is 5.92 Å². The zero-order valence-corrected chi connectivity index (χ0v) is 12.6. The Labute approximate surface area is 123 Å². The maximum atomic E-state index is 12.4. The van der Waals surface area contributed by atoms with Gasteiger partial charge in [0.1, 0.15) is 5.75 Å². The number of carbonyl (C=O) groups excluding carboxylic acids is 2. The fourth-order valence-electron chi connectivity index (χ4n) is 2.29. The Kier molecular flexibility index (Phi) is 4.33. The van der Waals surface area contributed by atoms with Crippen molar-refractivity contribution in [3.8, 4) is 5.75 Å². The number of Topliss-reactive ketones (excluding diaryl/α,β-unsaturated/α-hetero) is 1. The first-order valence-corrected chi connectivity index (χ1v) is 7.24. The molecule has 5 heteroatoms. The van der Waals surface area contributed by atoms with Crippen molar-refractivity contribution in [2.24, 2.45) is 5.92 Å². The van der Waals surface area contributed by atoms with Crippen LogP contribution >= 0.6 is 11.6 Å². The standard InChI is InChI=1S/C15H18ClNO3/c1-4-17-11-7-10(12(18)8-16)5-6-13(11)20-14(9(2)3)15(17)19/h5-7,9,14H,4,8H2,1-3H3. The zero-order valence-electron chi connectivity index (χ0n) is 11.9. The van der Waals surface area contributed by atoms with E-state index in [1.165, 1.54) is 0 Å². The highest BCUT2D eigenvalue weighted by Gasteiger charge is 2.35. The van der Waals surface area contributed by atoms with Crippen molar-refractivity contribution in [3.05, 3.63) is 23.8 Å². The average Bonchev–Trinajstić information content (AvgIpc) is 2.45. The molecule has 0 aromatic heterocycles. The number of hydrogen-bond donors (Lipinski definition) is 0. The number of fused-ring (bicyclic) bond motifs is 1. The number of ether oxygens (including phenoxy) is 1. The van der Waals surface area contributed by atoms with Gasteiger partial charge in [0.25, 0.3) is 5.91 Å². The lowest BCUT2D eigenvalue weighted by Gasteiger charge is -2.35. The van der Waals surface area contributed by atoms with Crippen molar-refractivity contribution in [1.29, 1.82) is 0 Å². The van der Waals surface area contributed by atoms with Crippen LogP contribution in [0.5, 0.6) is 5.75 Å². The van der Waals surface area contributed by atoms with E-state index in [9.17, 15) is 9.59 Å². The number of halogens is 1. The minimum atomic E-state index is -0.475. The van der Waals surface area contributed by atoms with Gasteiger partial charge in [0.15, 0.2) is 11.9 Å². The predicted molar refractivity (Wildman–Crippen MR) is 78.8 cm³/mol. The number of hydrogen-bond acceptors (Lipinski definition) is 3. The van der Waals surface area contributed by atoms with E-state index < -0.39 is 6.10 Å². The van der Waals surface area contributed by atoms with Gasteiger partial charge in [-0.25, -0.2) is 0 Å². The summed E-state index contributed by atoms with van der Waals surface area (Å²) in [6.45, 7) is 6.34. The molecule has 1 amide bonds. The predicted octanol–water partition coefficient (Wildman–Crippen LogP) is 2.88. The molecule has 1 heterocycles. The van der Waals surface area contributed by atoms with Gasteiger partial charge < -0.3 is 9.64 Å². The van der Waals surface area contributed by atoms with E-state index >= 15 is 0 Å². The van der Waals surface area contributed by atoms with Crippen molar-refractivity contribution in [2.75, 3.05) is 17.3 Å². The largest absolute Gasteiger partial charge is 0.478 e. The van der Waals surface area contributed by atoms with E-state index in [-0.39, 0.29) is 23.5 Å². The Hall–Kier alpha value is -1.55. The van der Waals surface area contributed by atoms with Crippen molar-refractivity contribution in [3.63, 3.8) is 0 Å². The third-order valence-corrected chi connectivity index (χ3v) is 3.62. The molecule has 0 bridgehead atoms. The number of amides is 1. The Bertz CT molecular complexity index is 542. The molecule has 2 rings (SSSR count). The molecule has 1 aromatic carbocycles. The third kappa shape index (κ3) is 2.52. The minimum Gasteiger partial charge on any atom is -0.478 e. The van der Waals surface area contributed by atoms with Crippen molar-refractivity contribution in [1.82, 2.24) is 0 Å². The molecule has 0 spiro atoms. The number of nitrogens with zero attached hydrogens (tertiary/aromatic N) is 1. The van der Waals surface area contributed by atoms with Gasteiger partial charge in [-0.15, -0.1) is 11.6 Å². The Morgan fingerprint density at radius 3 is 2.70 bits per heavy atom. The van der Waals surface area contributed by atoms with Crippen molar-refractivity contribution in [2.45, 2.75) is 26.9 Å². The fraction of sp³-hybridized carbons (Fsp3) is 0.467. The molecule has 0 radical (unpaired) electrons. The van der Waals surface area contributed by atoms with Crippen LogP contribution in [0.1, 0.15) is 31.1 Å². The van der Waals surface area contributed by atoms with Crippen LogP contribution in [0.25, 0.3) is 0 Å². The minimum absolute atomic E-state index is 0.0644. The summed E-state index contributed by atoms with van der Waals surface area (Å²) in [5.74, 6) is 0.425. The van der Waals surface area contributed by atoms with E-state index in [0.717, 1.165) is 0 Å². The highest BCUT2D eigenvalue weighted by Crippen LogP contribution is 2.36. The van der Waals surface area contributed by atoms with Crippen LogP contribution in [0.4, 0.5) is 5.69 Å². The van der Waals surface area contributed by atoms with E-state index in [1.54, 1.807) is 23.1 Å². The van der Waals surface area contributed by atoms with Gasteiger partial charge in [-0.2, -0.15) is 0 Å². The molecule has 1 aliphatic heterocycles. The molecule has 1 aliphatic rings. The van der Waals surface area contributed by atoms with E-state index in [1.807, 2.05) is 20.8 Å². The molecule has 0 aliphatic carbocycles. The van der Waals surface area contributed by atoms with Crippen LogP contribution in [0.2, 0.25) is 0 Å². The summed E-state index contributed by atoms with van der Waals surface area (Å²) in [5.41, 5.74) is 1.14. The van der Waals surface area contributed by atoms with Crippen LogP contribution in [-0.4, -0.2) is 30.2 Å². The van der Waals surface area contributed by atoms with Crippen LogP contribution < -0.4 is 9.64 Å². The SMILES string of the molecule is CCN1C(=O)C(C(C)C)Oc2ccc(C(=O)CCl)cc21. The highest BCUT2D eigenvalue weighted by molar-refractivity contribution is 6.30. The second-order valence-corrected chi connectivity index (χ2v) is 5.37. The average molecular weight is 296 g/mol. The number of likely N-dealkylation sites (N-methyl/N-ethyl adjacent to an activating group) is 1. The molecule has 0 fully saturated rings. The molecule has 20 heavy (non-hydrogen) atoms. The summed E-state index contributed by atoms with van der Waals surface area (Å²) in [4.78, 5) is 25.7. The highest BCUT2D eigenvalue weighted by atomic mass is 35.5. The molecular formula is C15H18ClNO3. The van der Waals surface area contributed by atoms with Crippen molar-refractivity contribution >= 4 is 29.0 Å². The Morgan fingerprint density at radius 2 is 2.15 bits per heavy atom. The maximum Gasteiger partial charge on any atom is 0.268 e. The zero-order chi connectivity index (χ0) is 14.9. The first-order chi connectivity index (χ1) is 9.49. The lowest BCUT2D eigenvalue weighted by atomic mass is 10.0. The molecule has 1 unspecified atom stereocenters. The summed E-state index contributed by atoms with van der Waals surface area (Å²) >= 11 is 5.57. The summed E-state index contributed by atoms with van der Waals surface area (Å²) in [6, 6.07) is 5.10. The molecule has 108 valence electrons. The first kappa shape index (κ1) is 14.9. The van der Waals surface area contributed by atoms with Gasteiger partial charge in [-0.3, -0.25) is 9.59 Å². The van der Waals surface area contributed by atoms with Crippen LogP contribution in [0.15, 0.2) is 18.2 Å². The molecule has 0 saturated heterocycles. The monoisotopic (exact) mass is 295 g/mol. The molecule has 1 aromatic rings. The summed E-state index contributed by atoms with van der Waals surface area (Å²) in [7, 11) is 0. The van der Waals surface area contributed by atoms with Gasteiger partial charge in [0, 0.05) is 12.1 Å². The van der Waals surface area contributed by atoms with E-state index in [2.05, 4.69) is 0 Å². The quantitative estimate of drug-likeness (QED) is 0.634. The number of rotatable bonds is 4. The fourth-order valence-corrected chi connectivity index (χ4v) is 2.44. The maximum absolute atomic E-state index is 12.4. The van der Waals surface area contributed by atoms with Crippen LogP contribution in [-0.2, 0) is 4.79 Å². The van der Waals surface area contributed by atoms with Gasteiger partial charge in [0.2, 0.25) is 0 Å².